The zero-order valence-corrected chi connectivity index (χ0v) is 7.35. The van der Waals surface area contributed by atoms with Gasteiger partial charge in [-0.2, -0.15) is 0 Å². The van der Waals surface area contributed by atoms with Gasteiger partial charge in [-0.3, -0.25) is 10.5 Å². The topological polar surface area (TPSA) is 40.9 Å². The van der Waals surface area contributed by atoms with Gasteiger partial charge < -0.3 is 0 Å². The highest BCUT2D eigenvalue weighted by molar-refractivity contribution is 5.76. The van der Waals surface area contributed by atoms with Crippen molar-refractivity contribution in [2.75, 3.05) is 0 Å². The summed E-state index contributed by atoms with van der Waals surface area (Å²) in [5, 5.41) is 0. The molecular formula is C10H12NO. The van der Waals surface area contributed by atoms with Crippen LogP contribution >= 0.6 is 0 Å². The molecule has 0 atom stereocenters. The number of amides is 1. The molecule has 0 aliphatic rings. The number of benzene rings is 1. The summed E-state index contributed by atoms with van der Waals surface area (Å²) in [5.41, 5.74) is 10.1. The van der Waals surface area contributed by atoms with Crippen molar-refractivity contribution in [2.45, 2.75) is 20.3 Å². The zero-order valence-electron chi connectivity index (χ0n) is 7.35. The summed E-state index contributed by atoms with van der Waals surface area (Å²) < 4.78 is 0. The molecule has 2 nitrogen and oxygen atoms in total. The number of hydrogen-bond acceptors (Lipinski definition) is 1. The Morgan fingerprint density at radius 2 is 2.08 bits per heavy atom. The average Bonchev–Trinajstić information content (AvgIpc) is 1.94. The first-order valence-electron chi connectivity index (χ1n) is 3.90. The Morgan fingerprint density at radius 1 is 1.42 bits per heavy atom. The molecule has 63 valence electrons. The normalized spacial score (nSPS) is 9.83. The van der Waals surface area contributed by atoms with Crippen LogP contribution in [0.25, 0.3) is 0 Å². The van der Waals surface area contributed by atoms with Gasteiger partial charge in [0.2, 0.25) is 5.91 Å². The van der Waals surface area contributed by atoms with Crippen molar-refractivity contribution >= 4 is 5.91 Å². The predicted molar refractivity (Wildman–Crippen MR) is 47.7 cm³/mol. The van der Waals surface area contributed by atoms with Crippen LogP contribution in [0.2, 0.25) is 0 Å². The lowest BCUT2D eigenvalue weighted by Crippen LogP contribution is -2.03. The van der Waals surface area contributed by atoms with Crippen LogP contribution in [0.4, 0.5) is 0 Å². The largest absolute Gasteiger partial charge is 0.273 e. The quantitative estimate of drug-likeness (QED) is 0.652. The van der Waals surface area contributed by atoms with Crippen LogP contribution in [0, 0.1) is 13.8 Å². The molecule has 1 aromatic carbocycles. The van der Waals surface area contributed by atoms with E-state index in [0.29, 0.717) is 0 Å². The maximum absolute atomic E-state index is 10.5. The molecule has 0 unspecified atom stereocenters. The van der Waals surface area contributed by atoms with Gasteiger partial charge in [-0.15, -0.1) is 0 Å². The van der Waals surface area contributed by atoms with Crippen LogP contribution in [0.5, 0.6) is 0 Å². The first kappa shape index (κ1) is 8.78. The SMILES string of the molecule is Cc1ccc(CC([NH])=O)c(C)c1. The maximum atomic E-state index is 10.5. The van der Waals surface area contributed by atoms with E-state index in [9.17, 15) is 4.79 Å². The molecule has 1 radical (unpaired) electrons. The second-order valence-electron chi connectivity index (χ2n) is 3.03. The molecule has 1 N–H and O–H groups in total. The van der Waals surface area contributed by atoms with Crippen LogP contribution in [-0.2, 0) is 11.2 Å². The molecule has 0 aliphatic heterocycles. The van der Waals surface area contributed by atoms with Crippen molar-refractivity contribution < 1.29 is 4.79 Å². The Morgan fingerprint density at radius 3 is 2.58 bits per heavy atom. The lowest BCUT2D eigenvalue weighted by molar-refractivity contribution is -0.118. The molecule has 12 heavy (non-hydrogen) atoms. The van der Waals surface area contributed by atoms with E-state index in [1.807, 2.05) is 32.0 Å². The highest BCUT2D eigenvalue weighted by Gasteiger charge is 2.01. The minimum Gasteiger partial charge on any atom is -0.273 e. The third-order valence-corrected chi connectivity index (χ3v) is 1.85. The van der Waals surface area contributed by atoms with Gasteiger partial charge in [-0.1, -0.05) is 23.8 Å². The van der Waals surface area contributed by atoms with Gasteiger partial charge in [0.15, 0.2) is 0 Å². The molecule has 1 aromatic rings. The highest BCUT2D eigenvalue weighted by atomic mass is 16.1. The molecule has 0 spiro atoms. The Labute approximate surface area is 72.4 Å². The van der Waals surface area contributed by atoms with Crippen LogP contribution in [-0.4, -0.2) is 5.91 Å². The molecule has 0 aliphatic carbocycles. The van der Waals surface area contributed by atoms with Crippen molar-refractivity contribution in [1.29, 1.82) is 0 Å². The summed E-state index contributed by atoms with van der Waals surface area (Å²) in [4.78, 5) is 10.5. The van der Waals surface area contributed by atoms with Crippen molar-refractivity contribution in [3.05, 3.63) is 34.9 Å². The molecule has 0 fully saturated rings. The molecule has 1 amide bonds. The Kier molecular flexibility index (Phi) is 2.48. The molecule has 0 bridgehead atoms. The summed E-state index contributed by atoms with van der Waals surface area (Å²) in [6.45, 7) is 3.98. The lowest BCUT2D eigenvalue weighted by atomic mass is 10.0. The summed E-state index contributed by atoms with van der Waals surface area (Å²) in [7, 11) is 0. The second-order valence-corrected chi connectivity index (χ2v) is 3.03. The average molecular weight is 162 g/mol. The minimum absolute atomic E-state index is 0.228. The Hall–Kier alpha value is -1.31. The van der Waals surface area contributed by atoms with Gasteiger partial charge in [0, 0.05) is 0 Å². The second kappa shape index (κ2) is 3.39. The first-order valence-corrected chi connectivity index (χ1v) is 3.90. The molecule has 0 heterocycles. The summed E-state index contributed by atoms with van der Waals surface area (Å²) >= 11 is 0. The summed E-state index contributed by atoms with van der Waals surface area (Å²) in [5.74, 6) is -0.526. The fraction of sp³-hybridized carbons (Fsp3) is 0.300. The first-order chi connectivity index (χ1) is 5.59. The number of aryl methyl sites for hydroxylation is 2. The van der Waals surface area contributed by atoms with Crippen LogP contribution in [0.1, 0.15) is 16.7 Å². The van der Waals surface area contributed by atoms with Crippen LogP contribution < -0.4 is 5.73 Å². The van der Waals surface area contributed by atoms with Crippen molar-refractivity contribution in [2.24, 2.45) is 0 Å². The van der Waals surface area contributed by atoms with Crippen molar-refractivity contribution in [1.82, 2.24) is 5.73 Å². The van der Waals surface area contributed by atoms with Crippen molar-refractivity contribution in [3.8, 4) is 0 Å². The van der Waals surface area contributed by atoms with Crippen molar-refractivity contribution in [3.63, 3.8) is 0 Å². The molecule has 0 saturated heterocycles. The van der Waals surface area contributed by atoms with E-state index in [0.717, 1.165) is 11.1 Å². The van der Waals surface area contributed by atoms with E-state index in [1.54, 1.807) is 0 Å². The highest BCUT2D eigenvalue weighted by Crippen LogP contribution is 2.10. The third-order valence-electron chi connectivity index (χ3n) is 1.85. The van der Waals surface area contributed by atoms with Gasteiger partial charge in [0.25, 0.3) is 0 Å². The molecule has 0 aromatic heterocycles. The van der Waals surface area contributed by atoms with Crippen LogP contribution in [0.15, 0.2) is 18.2 Å². The predicted octanol–water partition coefficient (Wildman–Crippen LogP) is 1.66. The van der Waals surface area contributed by atoms with E-state index in [2.05, 4.69) is 0 Å². The minimum atomic E-state index is -0.526. The molecule has 0 saturated carbocycles. The number of rotatable bonds is 2. The van der Waals surface area contributed by atoms with E-state index in [1.165, 1.54) is 5.56 Å². The van der Waals surface area contributed by atoms with Gasteiger partial charge >= 0.3 is 0 Å². The van der Waals surface area contributed by atoms with Gasteiger partial charge in [0.05, 0.1) is 6.42 Å². The lowest BCUT2D eigenvalue weighted by Gasteiger charge is -2.03. The number of nitrogens with one attached hydrogen (secondary N) is 1. The Balaban J connectivity index is 2.93. The van der Waals surface area contributed by atoms with E-state index in [4.69, 9.17) is 5.73 Å². The monoisotopic (exact) mass is 162 g/mol. The number of hydrogen-bond donors (Lipinski definition) is 0. The maximum Gasteiger partial charge on any atom is 0.242 e. The Bertz CT molecular complexity index is 305. The molecular weight excluding hydrogens is 150 g/mol. The third kappa shape index (κ3) is 2.09. The number of carbonyl (C=O) groups excluding carboxylic acids is 1. The van der Waals surface area contributed by atoms with E-state index in [-0.39, 0.29) is 6.42 Å². The molecule has 1 rings (SSSR count). The fourth-order valence-electron chi connectivity index (χ4n) is 1.22. The fourth-order valence-corrected chi connectivity index (χ4v) is 1.22. The van der Waals surface area contributed by atoms with Gasteiger partial charge in [-0.25, -0.2) is 0 Å². The van der Waals surface area contributed by atoms with E-state index < -0.39 is 5.91 Å². The zero-order chi connectivity index (χ0) is 9.14. The van der Waals surface area contributed by atoms with Gasteiger partial charge in [0.1, 0.15) is 0 Å². The van der Waals surface area contributed by atoms with E-state index >= 15 is 0 Å². The van der Waals surface area contributed by atoms with Crippen LogP contribution in [0.3, 0.4) is 0 Å². The standard InChI is InChI=1S/C10H12NO/c1-7-3-4-9(6-10(11)12)8(2)5-7/h3-5,11H,6H2,1-2H3. The smallest absolute Gasteiger partial charge is 0.242 e. The molecule has 2 heteroatoms. The number of carbonyl (C=O) groups is 1. The van der Waals surface area contributed by atoms with Gasteiger partial charge in [-0.05, 0) is 25.0 Å². The summed E-state index contributed by atoms with van der Waals surface area (Å²) in [6.07, 6.45) is 0.228. The summed E-state index contributed by atoms with van der Waals surface area (Å²) in [6, 6.07) is 5.90.